The number of methoxy groups -OCH3 is 1. The Labute approximate surface area is 202 Å². The van der Waals surface area contributed by atoms with Gasteiger partial charge in [0.2, 0.25) is 0 Å². The van der Waals surface area contributed by atoms with Crippen LogP contribution in [0.25, 0.3) is 6.08 Å². The zero-order valence-electron chi connectivity index (χ0n) is 20.2. The van der Waals surface area contributed by atoms with Crippen molar-refractivity contribution in [1.82, 2.24) is 0 Å². The molecule has 0 saturated carbocycles. The van der Waals surface area contributed by atoms with Crippen LogP contribution in [0.2, 0.25) is 0 Å². The second-order valence-electron chi connectivity index (χ2n) is 9.06. The summed E-state index contributed by atoms with van der Waals surface area (Å²) in [6.07, 6.45) is 7.17. The number of benzene rings is 3. The minimum atomic E-state index is -0.216. The van der Waals surface area contributed by atoms with Crippen LogP contribution < -0.4 is 18.9 Å². The van der Waals surface area contributed by atoms with Crippen LogP contribution in [0.1, 0.15) is 54.9 Å². The maximum atomic E-state index is 6.41. The fourth-order valence-electron chi connectivity index (χ4n) is 4.87. The Morgan fingerprint density at radius 3 is 2.59 bits per heavy atom. The van der Waals surface area contributed by atoms with Crippen molar-refractivity contribution in [3.8, 4) is 23.0 Å². The molecule has 0 aliphatic carbocycles. The van der Waals surface area contributed by atoms with Gasteiger partial charge in [0.05, 0.1) is 19.3 Å². The van der Waals surface area contributed by atoms with Gasteiger partial charge < -0.3 is 18.9 Å². The predicted molar refractivity (Wildman–Crippen MR) is 135 cm³/mol. The van der Waals surface area contributed by atoms with Crippen molar-refractivity contribution in [2.24, 2.45) is 0 Å². The molecule has 0 radical (unpaired) electrons. The molecule has 0 bridgehead atoms. The number of fused-ring (bicyclic) bond motifs is 3. The van der Waals surface area contributed by atoms with Gasteiger partial charge in [-0.05, 0) is 54.7 Å². The Morgan fingerprint density at radius 2 is 1.82 bits per heavy atom. The van der Waals surface area contributed by atoms with Crippen LogP contribution in [0.5, 0.6) is 23.0 Å². The predicted octanol–water partition coefficient (Wildman–Crippen LogP) is 6.96. The molecule has 2 aliphatic heterocycles. The van der Waals surface area contributed by atoms with Crippen LogP contribution in [0.3, 0.4) is 0 Å². The van der Waals surface area contributed by atoms with Gasteiger partial charge in [-0.15, -0.1) is 0 Å². The van der Waals surface area contributed by atoms with Gasteiger partial charge in [0.15, 0.2) is 0 Å². The summed E-state index contributed by atoms with van der Waals surface area (Å²) in [6.45, 7) is 5.45. The summed E-state index contributed by atoms with van der Waals surface area (Å²) in [5.41, 5.74) is 4.32. The molecule has 1 unspecified atom stereocenters. The van der Waals surface area contributed by atoms with Crippen molar-refractivity contribution < 1.29 is 18.9 Å². The van der Waals surface area contributed by atoms with E-state index < -0.39 is 0 Å². The highest BCUT2D eigenvalue weighted by Gasteiger charge is 2.33. The molecule has 3 aromatic rings. The summed E-state index contributed by atoms with van der Waals surface area (Å²) in [5.74, 6) is 3.69. The Bertz CT molecular complexity index is 1180. The second kappa shape index (κ2) is 9.46. The first-order valence-corrected chi connectivity index (χ1v) is 12.2. The lowest BCUT2D eigenvalue weighted by atomic mass is 9.87. The summed E-state index contributed by atoms with van der Waals surface area (Å²) in [6, 6.07) is 20.6. The topological polar surface area (TPSA) is 36.9 Å². The smallest absolute Gasteiger partial charge is 0.133 e. The van der Waals surface area contributed by atoms with Crippen LogP contribution in [0.15, 0.2) is 66.7 Å². The zero-order chi connectivity index (χ0) is 23.5. The van der Waals surface area contributed by atoms with Crippen molar-refractivity contribution in [3.63, 3.8) is 0 Å². The van der Waals surface area contributed by atoms with Crippen molar-refractivity contribution >= 4 is 6.08 Å². The van der Waals surface area contributed by atoms with Crippen LogP contribution >= 0.6 is 0 Å². The van der Waals surface area contributed by atoms with E-state index in [1.165, 1.54) is 5.56 Å². The molecule has 2 heterocycles. The van der Waals surface area contributed by atoms with Crippen molar-refractivity contribution in [2.45, 2.75) is 51.2 Å². The summed E-state index contributed by atoms with van der Waals surface area (Å²) >= 11 is 0. The Balaban J connectivity index is 1.40. The van der Waals surface area contributed by atoms with Crippen molar-refractivity contribution in [3.05, 3.63) is 89.0 Å². The average molecular weight is 457 g/mol. The quantitative estimate of drug-likeness (QED) is 0.385. The molecule has 0 spiro atoms. The van der Waals surface area contributed by atoms with E-state index in [-0.39, 0.29) is 11.5 Å². The first-order chi connectivity index (χ1) is 16.6. The Morgan fingerprint density at radius 1 is 1.00 bits per heavy atom. The van der Waals surface area contributed by atoms with Crippen molar-refractivity contribution in [2.75, 3.05) is 13.7 Å². The molecule has 0 saturated heterocycles. The molecule has 176 valence electrons. The molecule has 0 N–H and O–H groups in total. The highest BCUT2D eigenvalue weighted by atomic mass is 16.5. The largest absolute Gasteiger partial charge is 0.497 e. The molecule has 0 amide bonds. The van der Waals surface area contributed by atoms with Gasteiger partial charge in [0, 0.05) is 17.5 Å². The first kappa shape index (κ1) is 22.4. The SMILES string of the molecule is CCC1(CC)C=Cc2c(ccc3c2OCC(c2ccc(OC)cc2OCc2ccccc2)C3)O1. The lowest BCUT2D eigenvalue weighted by Gasteiger charge is -2.35. The third kappa shape index (κ3) is 4.25. The van der Waals surface area contributed by atoms with E-state index in [4.69, 9.17) is 18.9 Å². The van der Waals surface area contributed by atoms with Crippen LogP contribution in [0.4, 0.5) is 0 Å². The molecule has 4 nitrogen and oxygen atoms in total. The number of rotatable bonds is 7. The van der Waals surface area contributed by atoms with Gasteiger partial charge in [-0.25, -0.2) is 0 Å². The number of hydrogen-bond acceptors (Lipinski definition) is 4. The first-order valence-electron chi connectivity index (χ1n) is 12.2. The van der Waals surface area contributed by atoms with Crippen molar-refractivity contribution in [1.29, 1.82) is 0 Å². The molecule has 2 aliphatic rings. The minimum absolute atomic E-state index is 0.195. The fraction of sp³-hybridized carbons (Fsp3) is 0.333. The van der Waals surface area contributed by atoms with Crippen LogP contribution in [-0.2, 0) is 13.0 Å². The second-order valence-corrected chi connectivity index (χ2v) is 9.06. The van der Waals surface area contributed by atoms with Crippen LogP contribution in [-0.4, -0.2) is 19.3 Å². The minimum Gasteiger partial charge on any atom is -0.497 e. The number of ether oxygens (including phenoxy) is 4. The maximum Gasteiger partial charge on any atom is 0.133 e. The summed E-state index contributed by atoms with van der Waals surface area (Å²) in [5, 5.41) is 0. The monoisotopic (exact) mass is 456 g/mol. The normalized spacial score (nSPS) is 17.7. The highest BCUT2D eigenvalue weighted by molar-refractivity contribution is 5.70. The van der Waals surface area contributed by atoms with E-state index in [1.54, 1.807) is 7.11 Å². The summed E-state index contributed by atoms with van der Waals surface area (Å²) < 4.78 is 24.5. The standard InChI is InChI=1S/C30H32O4/c1-4-30(5-2)16-15-26-27(34-30)14-11-22-17-23(20-33-29(22)26)25-13-12-24(31-3)18-28(25)32-19-21-9-7-6-8-10-21/h6-16,18,23H,4-5,17,19-20H2,1-3H3. The van der Waals surface area contributed by atoms with E-state index in [9.17, 15) is 0 Å². The maximum absolute atomic E-state index is 6.41. The lowest BCUT2D eigenvalue weighted by molar-refractivity contribution is 0.107. The van der Waals surface area contributed by atoms with Gasteiger partial charge in [-0.1, -0.05) is 56.3 Å². The lowest BCUT2D eigenvalue weighted by Crippen LogP contribution is -2.34. The fourth-order valence-corrected chi connectivity index (χ4v) is 4.87. The van der Waals surface area contributed by atoms with Gasteiger partial charge in [-0.3, -0.25) is 0 Å². The molecule has 1 atom stereocenters. The van der Waals surface area contributed by atoms with Gasteiger partial charge >= 0.3 is 0 Å². The van der Waals surface area contributed by atoms with E-state index >= 15 is 0 Å². The highest BCUT2D eigenvalue weighted by Crippen LogP contribution is 2.45. The molecular formula is C30H32O4. The van der Waals surface area contributed by atoms with Gasteiger partial charge in [0.1, 0.15) is 35.2 Å². The van der Waals surface area contributed by atoms with E-state index in [0.717, 1.165) is 59.0 Å². The molecule has 4 heteroatoms. The molecular weight excluding hydrogens is 424 g/mol. The van der Waals surface area contributed by atoms with Crippen LogP contribution in [0, 0.1) is 0 Å². The van der Waals surface area contributed by atoms with E-state index in [1.807, 2.05) is 30.3 Å². The zero-order valence-corrected chi connectivity index (χ0v) is 20.2. The average Bonchev–Trinajstić information content (AvgIpc) is 2.91. The molecule has 5 rings (SSSR count). The van der Waals surface area contributed by atoms with E-state index in [0.29, 0.717) is 13.2 Å². The molecule has 0 fully saturated rings. The van der Waals surface area contributed by atoms with Gasteiger partial charge in [-0.2, -0.15) is 0 Å². The third-order valence-corrected chi connectivity index (χ3v) is 7.09. The van der Waals surface area contributed by atoms with E-state index in [2.05, 4.69) is 56.3 Å². The Hall–Kier alpha value is -3.40. The molecule has 3 aromatic carbocycles. The van der Waals surface area contributed by atoms with Gasteiger partial charge in [0.25, 0.3) is 0 Å². The number of hydrogen-bond donors (Lipinski definition) is 0. The Kier molecular flexibility index (Phi) is 6.23. The molecule has 0 aromatic heterocycles. The summed E-state index contributed by atoms with van der Waals surface area (Å²) in [7, 11) is 1.68. The molecule has 34 heavy (non-hydrogen) atoms. The summed E-state index contributed by atoms with van der Waals surface area (Å²) in [4.78, 5) is 0. The third-order valence-electron chi connectivity index (χ3n) is 7.09.